The first-order valence-electron chi connectivity index (χ1n) is 8.98. The van der Waals surface area contributed by atoms with Gasteiger partial charge in [-0.15, -0.1) is 0 Å². The second-order valence-corrected chi connectivity index (χ2v) is 6.75. The molecule has 1 aliphatic carbocycles. The average Bonchev–Trinajstić information content (AvgIpc) is 2.86. The predicted octanol–water partition coefficient (Wildman–Crippen LogP) is 2.57. The second-order valence-electron chi connectivity index (χ2n) is 6.75. The van der Waals surface area contributed by atoms with Gasteiger partial charge in [-0.1, -0.05) is 19.3 Å². The molecule has 1 heterocycles. The topological polar surface area (TPSA) is 59.1 Å². The number of anilines is 1. The second kappa shape index (κ2) is 7.33. The Hall–Kier alpha value is -2.24. The van der Waals surface area contributed by atoms with Crippen molar-refractivity contribution < 1.29 is 19.1 Å². The van der Waals surface area contributed by atoms with Gasteiger partial charge in [0.1, 0.15) is 11.3 Å². The van der Waals surface area contributed by atoms with E-state index in [9.17, 15) is 9.59 Å². The maximum Gasteiger partial charge on any atom is 0.344 e. The summed E-state index contributed by atoms with van der Waals surface area (Å²) in [6.07, 6.45) is 5.22. The van der Waals surface area contributed by atoms with Crippen molar-refractivity contribution in [2.45, 2.75) is 44.6 Å². The van der Waals surface area contributed by atoms with E-state index in [0.717, 1.165) is 31.4 Å². The number of ether oxygens (including phenoxy) is 2. The fourth-order valence-corrected chi connectivity index (χ4v) is 3.90. The summed E-state index contributed by atoms with van der Waals surface area (Å²) in [5.41, 5.74) is 0.628. The number of benzene rings is 1. The minimum atomic E-state index is -0.389. The zero-order valence-corrected chi connectivity index (χ0v) is 15.0. The SMILES string of the molecule is CCOC(=O)COc1ccc(N2CN(C)C(=O)C23CCCCC3)cc1. The molecule has 0 N–H and O–H groups in total. The van der Waals surface area contributed by atoms with Crippen LogP contribution < -0.4 is 9.64 Å². The van der Waals surface area contributed by atoms with Gasteiger partial charge < -0.3 is 19.3 Å². The third-order valence-electron chi connectivity index (χ3n) is 5.11. The number of carbonyl (C=O) groups is 2. The molecular formula is C19H26N2O4. The van der Waals surface area contributed by atoms with E-state index in [2.05, 4.69) is 4.90 Å². The van der Waals surface area contributed by atoms with E-state index in [-0.39, 0.29) is 24.0 Å². The van der Waals surface area contributed by atoms with Gasteiger partial charge in [0.2, 0.25) is 5.91 Å². The lowest BCUT2D eigenvalue weighted by Crippen LogP contribution is -2.50. The largest absolute Gasteiger partial charge is 0.482 e. The van der Waals surface area contributed by atoms with E-state index in [4.69, 9.17) is 9.47 Å². The standard InChI is InChI=1S/C19H26N2O4/c1-3-24-17(22)13-25-16-9-7-15(8-10-16)21-14-20(2)18(23)19(21)11-5-4-6-12-19/h7-10H,3-6,11-14H2,1-2H3. The van der Waals surface area contributed by atoms with Crippen molar-refractivity contribution in [1.29, 1.82) is 0 Å². The summed E-state index contributed by atoms with van der Waals surface area (Å²) in [5, 5.41) is 0. The van der Waals surface area contributed by atoms with Gasteiger partial charge >= 0.3 is 5.97 Å². The third-order valence-corrected chi connectivity index (χ3v) is 5.11. The summed E-state index contributed by atoms with van der Waals surface area (Å²) >= 11 is 0. The molecule has 1 amide bonds. The maximum absolute atomic E-state index is 12.8. The first kappa shape index (κ1) is 17.6. The van der Waals surface area contributed by atoms with Gasteiger partial charge in [0.25, 0.3) is 0 Å². The highest BCUT2D eigenvalue weighted by atomic mass is 16.6. The van der Waals surface area contributed by atoms with Gasteiger partial charge in [0, 0.05) is 12.7 Å². The van der Waals surface area contributed by atoms with E-state index >= 15 is 0 Å². The lowest BCUT2D eigenvalue weighted by molar-refractivity contribution is -0.145. The number of esters is 1. The molecule has 1 saturated heterocycles. The molecule has 6 heteroatoms. The first-order valence-corrected chi connectivity index (χ1v) is 8.98. The Morgan fingerprint density at radius 1 is 1.16 bits per heavy atom. The molecule has 1 spiro atoms. The van der Waals surface area contributed by atoms with E-state index in [1.807, 2.05) is 36.2 Å². The normalized spacial score (nSPS) is 19.4. The van der Waals surface area contributed by atoms with Crippen molar-refractivity contribution in [1.82, 2.24) is 4.90 Å². The van der Waals surface area contributed by atoms with Crippen LogP contribution in [0.2, 0.25) is 0 Å². The molecule has 0 bridgehead atoms. The predicted molar refractivity (Wildman–Crippen MR) is 94.5 cm³/mol. The van der Waals surface area contributed by atoms with Crippen molar-refractivity contribution in [2.75, 3.05) is 31.8 Å². The highest BCUT2D eigenvalue weighted by molar-refractivity contribution is 5.93. The molecule has 0 unspecified atom stereocenters. The first-order chi connectivity index (χ1) is 12.1. The smallest absolute Gasteiger partial charge is 0.344 e. The van der Waals surface area contributed by atoms with Crippen LogP contribution in [0.15, 0.2) is 24.3 Å². The van der Waals surface area contributed by atoms with Crippen molar-refractivity contribution in [3.63, 3.8) is 0 Å². The van der Waals surface area contributed by atoms with E-state index in [1.165, 1.54) is 6.42 Å². The van der Waals surface area contributed by atoms with E-state index < -0.39 is 0 Å². The highest BCUT2D eigenvalue weighted by Crippen LogP contribution is 2.41. The monoisotopic (exact) mass is 346 g/mol. The Morgan fingerprint density at radius 2 is 1.84 bits per heavy atom. The zero-order chi connectivity index (χ0) is 17.9. The van der Waals surface area contributed by atoms with Gasteiger partial charge in [-0.05, 0) is 44.0 Å². The molecule has 6 nitrogen and oxygen atoms in total. The zero-order valence-electron chi connectivity index (χ0n) is 15.0. The molecule has 1 saturated carbocycles. The Bertz CT molecular complexity index is 623. The van der Waals surface area contributed by atoms with Crippen molar-refractivity contribution in [3.8, 4) is 5.75 Å². The summed E-state index contributed by atoms with van der Waals surface area (Å²) in [5.74, 6) is 0.475. The van der Waals surface area contributed by atoms with Crippen molar-refractivity contribution in [3.05, 3.63) is 24.3 Å². The van der Waals surface area contributed by atoms with Crippen LogP contribution in [-0.4, -0.2) is 49.2 Å². The lowest BCUT2D eigenvalue weighted by Gasteiger charge is -2.39. The number of carbonyl (C=O) groups excluding carboxylic acids is 2. The van der Waals surface area contributed by atoms with Gasteiger partial charge in [-0.25, -0.2) is 4.79 Å². The molecule has 2 fully saturated rings. The van der Waals surface area contributed by atoms with Gasteiger partial charge in [0.05, 0.1) is 13.3 Å². The van der Waals surface area contributed by atoms with Gasteiger partial charge in [0.15, 0.2) is 6.61 Å². The van der Waals surface area contributed by atoms with Crippen LogP contribution in [0, 0.1) is 0 Å². The van der Waals surface area contributed by atoms with E-state index in [0.29, 0.717) is 19.0 Å². The number of rotatable bonds is 5. The Morgan fingerprint density at radius 3 is 2.48 bits per heavy atom. The number of likely N-dealkylation sites (N-methyl/N-ethyl adjacent to an activating group) is 1. The number of hydrogen-bond donors (Lipinski definition) is 0. The van der Waals surface area contributed by atoms with Crippen LogP contribution in [0.3, 0.4) is 0 Å². The minimum absolute atomic E-state index is 0.0952. The highest BCUT2D eigenvalue weighted by Gasteiger charge is 2.51. The summed E-state index contributed by atoms with van der Waals surface area (Å²) < 4.78 is 10.3. The molecule has 2 aliphatic rings. The quantitative estimate of drug-likeness (QED) is 0.767. The average molecular weight is 346 g/mol. The molecule has 1 aromatic rings. The number of nitrogens with zero attached hydrogens (tertiary/aromatic N) is 2. The summed E-state index contributed by atoms with van der Waals surface area (Å²) in [4.78, 5) is 28.2. The summed E-state index contributed by atoms with van der Waals surface area (Å²) in [6, 6.07) is 7.61. The Labute approximate surface area is 148 Å². The molecular weight excluding hydrogens is 320 g/mol. The Balaban J connectivity index is 1.72. The molecule has 0 radical (unpaired) electrons. The van der Waals surface area contributed by atoms with E-state index in [1.54, 1.807) is 6.92 Å². The Kier molecular flexibility index (Phi) is 5.16. The summed E-state index contributed by atoms with van der Waals surface area (Å²) in [6.45, 7) is 2.63. The molecule has 1 aromatic carbocycles. The van der Waals surface area contributed by atoms with Gasteiger partial charge in [-0.2, -0.15) is 0 Å². The van der Waals surface area contributed by atoms with Crippen LogP contribution in [-0.2, 0) is 14.3 Å². The molecule has 1 aliphatic heterocycles. The fourth-order valence-electron chi connectivity index (χ4n) is 3.90. The van der Waals surface area contributed by atoms with Crippen molar-refractivity contribution >= 4 is 17.6 Å². The molecule has 136 valence electrons. The van der Waals surface area contributed by atoms with Crippen LogP contribution in [0.25, 0.3) is 0 Å². The van der Waals surface area contributed by atoms with Crippen LogP contribution in [0.1, 0.15) is 39.0 Å². The minimum Gasteiger partial charge on any atom is -0.482 e. The fraction of sp³-hybridized carbons (Fsp3) is 0.579. The number of amides is 1. The van der Waals surface area contributed by atoms with Gasteiger partial charge in [-0.3, -0.25) is 4.79 Å². The molecule has 0 atom stereocenters. The molecule has 3 rings (SSSR count). The van der Waals surface area contributed by atoms with Crippen LogP contribution in [0.5, 0.6) is 5.75 Å². The summed E-state index contributed by atoms with van der Waals surface area (Å²) in [7, 11) is 1.87. The van der Waals surface area contributed by atoms with Crippen LogP contribution in [0.4, 0.5) is 5.69 Å². The lowest BCUT2D eigenvalue weighted by atomic mass is 9.80. The third kappa shape index (κ3) is 3.43. The molecule has 25 heavy (non-hydrogen) atoms. The van der Waals surface area contributed by atoms with Crippen LogP contribution >= 0.6 is 0 Å². The number of hydrogen-bond acceptors (Lipinski definition) is 5. The molecule has 0 aromatic heterocycles. The maximum atomic E-state index is 12.8. The van der Waals surface area contributed by atoms with Crippen molar-refractivity contribution in [2.24, 2.45) is 0 Å².